The number of rotatable bonds is 5. The second-order valence-corrected chi connectivity index (χ2v) is 6.51. The smallest absolute Gasteiger partial charge is 0.435 e. The number of benzene rings is 1. The van der Waals surface area contributed by atoms with E-state index in [1.807, 2.05) is 0 Å². The van der Waals surface area contributed by atoms with Gasteiger partial charge in [0.1, 0.15) is 12.6 Å². The van der Waals surface area contributed by atoms with Gasteiger partial charge in [0.25, 0.3) is 5.91 Å². The highest BCUT2D eigenvalue weighted by Crippen LogP contribution is 2.52. The van der Waals surface area contributed by atoms with Gasteiger partial charge in [0.15, 0.2) is 17.3 Å². The number of hydrogen-bond donors (Lipinski definition) is 4. The monoisotopic (exact) mass is 330 g/mol. The van der Waals surface area contributed by atoms with Gasteiger partial charge in [-0.3, -0.25) is 14.1 Å². The Labute approximate surface area is 125 Å². The molecule has 1 unspecified atom stereocenters. The summed E-state index contributed by atoms with van der Waals surface area (Å²) in [6.07, 6.45) is 0. The van der Waals surface area contributed by atoms with Crippen LogP contribution in [0, 0.1) is 0 Å². The SMILES string of the molecule is C[C@H]1[C@H](N)C(=O)N1P(=O)(O)OCC(=O)c1ccc(O)c(O)c1. The molecule has 9 nitrogen and oxygen atoms in total. The van der Waals surface area contributed by atoms with Crippen LogP contribution in [0.5, 0.6) is 11.5 Å². The Morgan fingerprint density at radius 3 is 2.59 bits per heavy atom. The maximum absolute atomic E-state index is 12.0. The number of phenols is 2. The van der Waals surface area contributed by atoms with Crippen molar-refractivity contribution >= 4 is 19.4 Å². The van der Waals surface area contributed by atoms with E-state index in [-0.39, 0.29) is 5.56 Å². The van der Waals surface area contributed by atoms with E-state index in [1.165, 1.54) is 13.0 Å². The summed E-state index contributed by atoms with van der Waals surface area (Å²) in [5.41, 5.74) is 5.41. The Kier molecular flexibility index (Phi) is 4.25. The van der Waals surface area contributed by atoms with Gasteiger partial charge in [-0.2, -0.15) is 0 Å². The Morgan fingerprint density at radius 1 is 1.41 bits per heavy atom. The topological polar surface area (TPSA) is 150 Å². The largest absolute Gasteiger partial charge is 0.504 e. The molecule has 0 saturated carbocycles. The highest BCUT2D eigenvalue weighted by atomic mass is 31.2. The first-order chi connectivity index (χ1) is 10.1. The quantitative estimate of drug-likeness (QED) is 0.254. The molecule has 1 fully saturated rings. The summed E-state index contributed by atoms with van der Waals surface area (Å²) in [7, 11) is -4.47. The number of carbonyl (C=O) groups is 2. The molecular formula is C12H15N2O7P. The van der Waals surface area contributed by atoms with Crippen molar-refractivity contribution in [2.45, 2.75) is 19.0 Å². The zero-order chi connectivity index (χ0) is 16.7. The van der Waals surface area contributed by atoms with Gasteiger partial charge in [0.2, 0.25) is 0 Å². The molecule has 1 aliphatic heterocycles. The highest BCUT2D eigenvalue weighted by molar-refractivity contribution is 7.51. The number of phenolic OH excluding ortho intramolecular Hbond substituents is 2. The number of nitrogens with zero attached hydrogens (tertiary/aromatic N) is 1. The van der Waals surface area contributed by atoms with Crippen molar-refractivity contribution in [2.75, 3.05) is 6.61 Å². The van der Waals surface area contributed by atoms with Gasteiger partial charge in [-0.05, 0) is 25.1 Å². The van der Waals surface area contributed by atoms with Crippen LogP contribution >= 0.6 is 7.75 Å². The summed E-state index contributed by atoms with van der Waals surface area (Å²) in [6, 6.07) is 1.78. The van der Waals surface area contributed by atoms with Crippen molar-refractivity contribution in [2.24, 2.45) is 5.73 Å². The molecule has 1 aromatic carbocycles. The van der Waals surface area contributed by atoms with Gasteiger partial charge in [-0.1, -0.05) is 0 Å². The van der Waals surface area contributed by atoms with Crippen LogP contribution in [0.25, 0.3) is 0 Å². The molecule has 1 amide bonds. The fourth-order valence-electron chi connectivity index (χ4n) is 1.97. The van der Waals surface area contributed by atoms with Crippen LogP contribution < -0.4 is 5.73 Å². The first-order valence-corrected chi connectivity index (χ1v) is 7.80. The lowest BCUT2D eigenvalue weighted by Crippen LogP contribution is -2.65. The number of nitrogens with two attached hydrogens (primary N) is 1. The Bertz CT molecular complexity index is 677. The lowest BCUT2D eigenvalue weighted by Gasteiger charge is -2.43. The molecule has 0 spiro atoms. The molecule has 0 bridgehead atoms. The van der Waals surface area contributed by atoms with Crippen LogP contribution in [0.4, 0.5) is 0 Å². The van der Waals surface area contributed by atoms with E-state index in [0.717, 1.165) is 12.1 Å². The van der Waals surface area contributed by atoms with Gasteiger partial charge in [0, 0.05) is 5.56 Å². The second-order valence-electron chi connectivity index (χ2n) is 4.84. The molecule has 2 rings (SSSR count). The normalized spacial score (nSPS) is 23.8. The summed E-state index contributed by atoms with van der Waals surface area (Å²) in [6.45, 7) is 0.710. The Morgan fingerprint density at radius 2 is 2.05 bits per heavy atom. The number of β-lactam (4-membered cyclic amide) rings is 1. The molecule has 5 N–H and O–H groups in total. The number of ketones is 1. The molecule has 1 aliphatic rings. The maximum atomic E-state index is 12.0. The molecule has 10 heteroatoms. The third-order valence-electron chi connectivity index (χ3n) is 3.35. The molecule has 3 atom stereocenters. The van der Waals surface area contributed by atoms with Crippen LogP contribution in [0.3, 0.4) is 0 Å². The van der Waals surface area contributed by atoms with E-state index in [0.29, 0.717) is 4.67 Å². The lowest BCUT2D eigenvalue weighted by atomic mass is 10.0. The van der Waals surface area contributed by atoms with Crippen LogP contribution in [-0.4, -0.2) is 50.2 Å². The zero-order valence-electron chi connectivity index (χ0n) is 11.5. The van der Waals surface area contributed by atoms with Gasteiger partial charge in [0.05, 0.1) is 6.04 Å². The van der Waals surface area contributed by atoms with Crippen molar-refractivity contribution in [1.82, 2.24) is 4.67 Å². The van der Waals surface area contributed by atoms with E-state index >= 15 is 0 Å². The van der Waals surface area contributed by atoms with Gasteiger partial charge in [-0.25, -0.2) is 9.24 Å². The molecule has 1 saturated heterocycles. The van der Waals surface area contributed by atoms with Crippen LogP contribution in [0.15, 0.2) is 18.2 Å². The fraction of sp³-hybridized carbons (Fsp3) is 0.333. The maximum Gasteiger partial charge on any atom is 0.435 e. The fourth-order valence-corrected chi connectivity index (χ4v) is 3.37. The van der Waals surface area contributed by atoms with E-state index in [9.17, 15) is 24.2 Å². The van der Waals surface area contributed by atoms with Crippen LogP contribution in [0.2, 0.25) is 0 Å². The summed E-state index contributed by atoms with van der Waals surface area (Å²) in [5.74, 6) is -2.34. The molecule has 1 heterocycles. The van der Waals surface area contributed by atoms with E-state index in [2.05, 4.69) is 4.52 Å². The van der Waals surface area contributed by atoms with Crippen molar-refractivity contribution in [3.05, 3.63) is 23.8 Å². The van der Waals surface area contributed by atoms with Crippen LogP contribution in [-0.2, 0) is 13.9 Å². The Balaban J connectivity index is 2.03. The Hall–Kier alpha value is -1.93. The second kappa shape index (κ2) is 5.69. The first-order valence-electron chi connectivity index (χ1n) is 6.27. The van der Waals surface area contributed by atoms with Crippen molar-refractivity contribution in [3.8, 4) is 11.5 Å². The predicted molar refractivity (Wildman–Crippen MR) is 74.2 cm³/mol. The number of amides is 1. The third-order valence-corrected chi connectivity index (χ3v) is 4.92. The van der Waals surface area contributed by atoms with E-state index in [4.69, 9.17) is 10.8 Å². The minimum absolute atomic E-state index is 0.0185. The van der Waals surface area contributed by atoms with Gasteiger partial charge < -0.3 is 20.8 Å². The molecule has 0 radical (unpaired) electrons. The third kappa shape index (κ3) is 2.84. The zero-order valence-corrected chi connectivity index (χ0v) is 12.4. The van der Waals surface area contributed by atoms with Crippen molar-refractivity contribution in [3.63, 3.8) is 0 Å². The number of Topliss-reactive ketones (excluding diaryl/α,β-unsaturated/α-hetero) is 1. The van der Waals surface area contributed by atoms with Crippen molar-refractivity contribution in [1.29, 1.82) is 0 Å². The number of hydrogen-bond acceptors (Lipinski definition) is 7. The summed E-state index contributed by atoms with van der Waals surface area (Å²) in [5, 5.41) is 18.4. The predicted octanol–water partition coefficient (Wildman–Crippen LogP) is -0.0445. The van der Waals surface area contributed by atoms with Crippen LogP contribution in [0.1, 0.15) is 17.3 Å². The summed E-state index contributed by atoms with van der Waals surface area (Å²) < 4.78 is 17.2. The summed E-state index contributed by atoms with van der Waals surface area (Å²) >= 11 is 0. The average molecular weight is 330 g/mol. The van der Waals surface area contributed by atoms with Gasteiger partial charge in [-0.15, -0.1) is 0 Å². The lowest BCUT2D eigenvalue weighted by molar-refractivity contribution is -0.141. The molecule has 0 aliphatic carbocycles. The minimum atomic E-state index is -4.47. The van der Waals surface area contributed by atoms with Gasteiger partial charge >= 0.3 is 7.75 Å². The number of aromatic hydroxyl groups is 2. The van der Waals surface area contributed by atoms with E-state index in [1.54, 1.807) is 0 Å². The standard InChI is InChI=1S/C12H15N2O7P/c1-6-11(13)12(18)14(6)22(19,20)21-5-10(17)7-2-3-8(15)9(16)4-7/h2-4,6,11,15-16H,5,13H2,1H3,(H,19,20)/t6-,11-/m0/s1. The molecule has 120 valence electrons. The number of carbonyl (C=O) groups excluding carboxylic acids is 2. The molecular weight excluding hydrogens is 315 g/mol. The summed E-state index contributed by atoms with van der Waals surface area (Å²) in [4.78, 5) is 33.0. The molecule has 1 aromatic rings. The first kappa shape index (κ1) is 16.4. The average Bonchev–Trinajstić information content (AvgIpc) is 2.47. The van der Waals surface area contributed by atoms with Crippen molar-refractivity contribution < 1.29 is 33.8 Å². The molecule has 0 aromatic heterocycles. The molecule has 22 heavy (non-hydrogen) atoms. The minimum Gasteiger partial charge on any atom is -0.504 e. The van der Waals surface area contributed by atoms with E-state index < -0.39 is 49.6 Å². The highest BCUT2D eigenvalue weighted by Gasteiger charge is 2.52.